The molecule has 1 aromatic heterocycles. The van der Waals surface area contributed by atoms with E-state index in [-0.39, 0.29) is 6.04 Å². The van der Waals surface area contributed by atoms with Crippen molar-refractivity contribution < 1.29 is 9.15 Å². The highest BCUT2D eigenvalue weighted by atomic mass is 16.5. The van der Waals surface area contributed by atoms with Gasteiger partial charge < -0.3 is 14.5 Å². The standard InChI is InChI=1S/C9H17N3O2/c1-4-13-6-5-8-11-12-9(14-8)7(2)10-3/h7,10H,4-6H2,1-3H3. The minimum atomic E-state index is 0.100. The molecule has 1 rings (SSSR count). The predicted octanol–water partition coefficient (Wildman–Crippen LogP) is 0.929. The number of nitrogens with one attached hydrogen (secondary N) is 1. The molecule has 0 aliphatic heterocycles. The Morgan fingerprint density at radius 3 is 2.93 bits per heavy atom. The Balaban J connectivity index is 2.42. The van der Waals surface area contributed by atoms with Crippen LogP contribution >= 0.6 is 0 Å². The molecule has 0 saturated heterocycles. The normalized spacial score (nSPS) is 13.1. The molecule has 1 heterocycles. The van der Waals surface area contributed by atoms with Gasteiger partial charge in [0, 0.05) is 13.0 Å². The van der Waals surface area contributed by atoms with Crippen LogP contribution in [0.5, 0.6) is 0 Å². The van der Waals surface area contributed by atoms with Gasteiger partial charge in [-0.1, -0.05) is 0 Å². The second-order valence-electron chi connectivity index (χ2n) is 2.99. The fourth-order valence-corrected chi connectivity index (χ4v) is 0.970. The Hall–Kier alpha value is -0.940. The topological polar surface area (TPSA) is 60.2 Å². The van der Waals surface area contributed by atoms with Crippen molar-refractivity contribution in [2.24, 2.45) is 0 Å². The van der Waals surface area contributed by atoms with Gasteiger partial charge in [-0.15, -0.1) is 10.2 Å². The summed E-state index contributed by atoms with van der Waals surface area (Å²) in [5.74, 6) is 1.26. The Kier molecular flexibility index (Phi) is 4.55. The molecule has 0 aliphatic carbocycles. The van der Waals surface area contributed by atoms with Gasteiger partial charge in [0.05, 0.1) is 12.6 Å². The third-order valence-electron chi connectivity index (χ3n) is 1.95. The summed E-state index contributed by atoms with van der Waals surface area (Å²) in [4.78, 5) is 0. The van der Waals surface area contributed by atoms with E-state index in [1.807, 2.05) is 20.9 Å². The highest BCUT2D eigenvalue weighted by Crippen LogP contribution is 2.09. The van der Waals surface area contributed by atoms with Crippen LogP contribution in [0.3, 0.4) is 0 Å². The van der Waals surface area contributed by atoms with E-state index < -0.39 is 0 Å². The molecule has 0 spiro atoms. The summed E-state index contributed by atoms with van der Waals surface area (Å²) in [5.41, 5.74) is 0. The van der Waals surface area contributed by atoms with E-state index in [4.69, 9.17) is 9.15 Å². The molecular formula is C9H17N3O2. The first-order valence-electron chi connectivity index (χ1n) is 4.85. The molecule has 0 aromatic carbocycles. The quantitative estimate of drug-likeness (QED) is 0.690. The smallest absolute Gasteiger partial charge is 0.233 e. The van der Waals surface area contributed by atoms with Crippen LogP contribution in [-0.4, -0.2) is 30.5 Å². The minimum Gasteiger partial charge on any atom is -0.423 e. The zero-order chi connectivity index (χ0) is 10.4. The van der Waals surface area contributed by atoms with Gasteiger partial charge in [-0.2, -0.15) is 0 Å². The fraction of sp³-hybridized carbons (Fsp3) is 0.778. The van der Waals surface area contributed by atoms with Gasteiger partial charge in [-0.05, 0) is 20.9 Å². The lowest BCUT2D eigenvalue weighted by Gasteiger charge is -2.02. The summed E-state index contributed by atoms with van der Waals surface area (Å²) in [6.07, 6.45) is 0.678. The third-order valence-corrected chi connectivity index (χ3v) is 1.95. The van der Waals surface area contributed by atoms with Crippen molar-refractivity contribution in [3.05, 3.63) is 11.8 Å². The van der Waals surface area contributed by atoms with Crippen molar-refractivity contribution in [1.29, 1.82) is 0 Å². The highest BCUT2D eigenvalue weighted by molar-refractivity contribution is 4.87. The molecule has 5 heteroatoms. The first-order valence-corrected chi connectivity index (χ1v) is 4.85. The second-order valence-corrected chi connectivity index (χ2v) is 2.99. The zero-order valence-corrected chi connectivity index (χ0v) is 8.91. The van der Waals surface area contributed by atoms with Crippen molar-refractivity contribution in [3.8, 4) is 0 Å². The van der Waals surface area contributed by atoms with E-state index in [0.29, 0.717) is 31.4 Å². The maximum Gasteiger partial charge on any atom is 0.233 e. The predicted molar refractivity (Wildman–Crippen MR) is 52.0 cm³/mol. The van der Waals surface area contributed by atoms with Gasteiger partial charge in [0.15, 0.2) is 0 Å². The Morgan fingerprint density at radius 2 is 2.29 bits per heavy atom. The maximum absolute atomic E-state index is 5.42. The molecule has 0 saturated carbocycles. The number of aromatic nitrogens is 2. The monoisotopic (exact) mass is 199 g/mol. The van der Waals surface area contributed by atoms with Gasteiger partial charge in [-0.3, -0.25) is 0 Å². The van der Waals surface area contributed by atoms with Crippen LogP contribution in [0.25, 0.3) is 0 Å². The zero-order valence-electron chi connectivity index (χ0n) is 8.91. The lowest BCUT2D eigenvalue weighted by atomic mass is 10.3. The summed E-state index contributed by atoms with van der Waals surface area (Å²) in [5, 5.41) is 10.9. The largest absolute Gasteiger partial charge is 0.423 e. The van der Waals surface area contributed by atoms with E-state index >= 15 is 0 Å². The molecule has 0 fully saturated rings. The third kappa shape index (κ3) is 3.08. The first kappa shape index (κ1) is 11.1. The van der Waals surface area contributed by atoms with Crippen molar-refractivity contribution in [2.75, 3.05) is 20.3 Å². The minimum absolute atomic E-state index is 0.100. The second kappa shape index (κ2) is 5.72. The average molecular weight is 199 g/mol. The van der Waals surface area contributed by atoms with E-state index in [9.17, 15) is 0 Å². The highest BCUT2D eigenvalue weighted by Gasteiger charge is 2.11. The molecule has 80 valence electrons. The van der Waals surface area contributed by atoms with Gasteiger partial charge >= 0.3 is 0 Å². The Morgan fingerprint density at radius 1 is 1.50 bits per heavy atom. The molecule has 1 aromatic rings. The van der Waals surface area contributed by atoms with E-state index in [1.165, 1.54) is 0 Å². The Labute approximate surface area is 83.9 Å². The number of rotatable bonds is 6. The van der Waals surface area contributed by atoms with E-state index in [2.05, 4.69) is 15.5 Å². The van der Waals surface area contributed by atoms with Crippen LogP contribution in [0.15, 0.2) is 4.42 Å². The molecule has 0 aliphatic rings. The number of ether oxygens (including phenoxy) is 1. The van der Waals surface area contributed by atoms with E-state index in [0.717, 1.165) is 0 Å². The molecule has 0 radical (unpaired) electrons. The molecular weight excluding hydrogens is 182 g/mol. The van der Waals surface area contributed by atoms with Gasteiger partial charge in [0.2, 0.25) is 11.8 Å². The number of hydrogen-bond donors (Lipinski definition) is 1. The molecule has 0 bridgehead atoms. The van der Waals surface area contributed by atoms with Crippen LogP contribution in [-0.2, 0) is 11.2 Å². The lowest BCUT2D eigenvalue weighted by Crippen LogP contribution is -2.12. The van der Waals surface area contributed by atoms with Crippen molar-refractivity contribution in [2.45, 2.75) is 26.3 Å². The van der Waals surface area contributed by atoms with Crippen LogP contribution in [0.4, 0.5) is 0 Å². The molecule has 1 N–H and O–H groups in total. The van der Waals surface area contributed by atoms with Crippen LogP contribution in [0.1, 0.15) is 31.7 Å². The van der Waals surface area contributed by atoms with Crippen molar-refractivity contribution in [3.63, 3.8) is 0 Å². The molecule has 0 amide bonds. The molecule has 5 nitrogen and oxygen atoms in total. The molecule has 1 unspecified atom stereocenters. The van der Waals surface area contributed by atoms with Gasteiger partial charge in [-0.25, -0.2) is 0 Å². The summed E-state index contributed by atoms with van der Waals surface area (Å²) in [6.45, 7) is 5.28. The number of nitrogens with zero attached hydrogens (tertiary/aromatic N) is 2. The van der Waals surface area contributed by atoms with Crippen LogP contribution in [0.2, 0.25) is 0 Å². The molecule has 14 heavy (non-hydrogen) atoms. The van der Waals surface area contributed by atoms with Crippen molar-refractivity contribution >= 4 is 0 Å². The summed E-state index contributed by atoms with van der Waals surface area (Å²) < 4.78 is 10.6. The molecule has 1 atom stereocenters. The SMILES string of the molecule is CCOCCc1nnc(C(C)NC)o1. The average Bonchev–Trinajstić information content (AvgIpc) is 2.66. The maximum atomic E-state index is 5.42. The Bertz CT molecular complexity index is 262. The van der Waals surface area contributed by atoms with Crippen molar-refractivity contribution in [1.82, 2.24) is 15.5 Å². The number of hydrogen-bond acceptors (Lipinski definition) is 5. The summed E-state index contributed by atoms with van der Waals surface area (Å²) in [6, 6.07) is 0.100. The fourth-order valence-electron chi connectivity index (χ4n) is 0.970. The van der Waals surface area contributed by atoms with Gasteiger partial charge in [0.1, 0.15) is 0 Å². The van der Waals surface area contributed by atoms with E-state index in [1.54, 1.807) is 0 Å². The van der Waals surface area contributed by atoms with Gasteiger partial charge in [0.25, 0.3) is 0 Å². The first-order chi connectivity index (χ1) is 6.77. The van der Waals surface area contributed by atoms with Crippen LogP contribution in [0, 0.1) is 0 Å². The summed E-state index contributed by atoms with van der Waals surface area (Å²) >= 11 is 0. The van der Waals surface area contributed by atoms with Crippen LogP contribution < -0.4 is 5.32 Å². The lowest BCUT2D eigenvalue weighted by molar-refractivity contribution is 0.145. The summed E-state index contributed by atoms with van der Waals surface area (Å²) in [7, 11) is 1.86.